The van der Waals surface area contributed by atoms with Crippen LogP contribution in [0, 0.1) is 11.6 Å². The van der Waals surface area contributed by atoms with Gasteiger partial charge in [0.1, 0.15) is 12.3 Å². The van der Waals surface area contributed by atoms with E-state index in [-0.39, 0.29) is 25.3 Å². The minimum atomic E-state index is -1.02. The summed E-state index contributed by atoms with van der Waals surface area (Å²) in [4.78, 5) is 22.7. The molecule has 0 bridgehead atoms. The third-order valence-corrected chi connectivity index (χ3v) is 5.98. The Hall–Kier alpha value is -4.66. The third-order valence-electron chi connectivity index (χ3n) is 5.98. The van der Waals surface area contributed by atoms with E-state index in [4.69, 9.17) is 9.47 Å². The van der Waals surface area contributed by atoms with Crippen molar-refractivity contribution in [3.63, 3.8) is 0 Å². The number of benzene rings is 3. The number of halogens is 2. The van der Waals surface area contributed by atoms with Crippen LogP contribution in [0.2, 0.25) is 0 Å². The fourth-order valence-corrected chi connectivity index (χ4v) is 4.20. The summed E-state index contributed by atoms with van der Waals surface area (Å²) in [6, 6.07) is 16.7. The molecule has 1 aromatic heterocycles. The molecule has 9 heteroatoms. The highest BCUT2D eigenvalue weighted by atomic mass is 19.2. The zero-order valence-corrected chi connectivity index (χ0v) is 21.0. The van der Waals surface area contributed by atoms with E-state index in [9.17, 15) is 28.6 Å². The van der Waals surface area contributed by atoms with E-state index in [0.29, 0.717) is 41.7 Å². The Morgan fingerprint density at radius 3 is 2.28 bits per heavy atom. The molecule has 7 nitrogen and oxygen atoms in total. The normalized spacial score (nSPS) is 11.2. The van der Waals surface area contributed by atoms with Gasteiger partial charge in [0.05, 0.1) is 25.2 Å². The van der Waals surface area contributed by atoms with Crippen LogP contribution in [0.25, 0.3) is 23.1 Å². The van der Waals surface area contributed by atoms with Gasteiger partial charge in [-0.05, 0) is 53.8 Å². The third kappa shape index (κ3) is 7.22. The number of rotatable bonds is 13. The van der Waals surface area contributed by atoms with Gasteiger partial charge in [0, 0.05) is 11.6 Å². The van der Waals surface area contributed by atoms with Crippen molar-refractivity contribution in [3.05, 3.63) is 95.2 Å². The molecule has 0 amide bonds. The van der Waals surface area contributed by atoms with Crippen LogP contribution in [0.3, 0.4) is 0 Å². The summed E-state index contributed by atoms with van der Waals surface area (Å²) in [5.74, 6) is -3.36. The Morgan fingerprint density at radius 2 is 1.56 bits per heavy atom. The molecule has 0 aliphatic rings. The van der Waals surface area contributed by atoms with Crippen LogP contribution >= 0.6 is 0 Å². The van der Waals surface area contributed by atoms with Crippen LogP contribution in [0.1, 0.15) is 29.5 Å². The fourth-order valence-electron chi connectivity index (χ4n) is 4.20. The minimum Gasteiger partial charge on any atom is -0.494 e. The van der Waals surface area contributed by atoms with Gasteiger partial charge < -0.3 is 24.3 Å². The summed E-state index contributed by atoms with van der Waals surface area (Å²) >= 11 is 0. The highest BCUT2D eigenvalue weighted by molar-refractivity contribution is 5.95. The van der Waals surface area contributed by atoms with Gasteiger partial charge in [0.25, 0.3) is 0 Å². The summed E-state index contributed by atoms with van der Waals surface area (Å²) in [6.07, 6.45) is 6.42. The van der Waals surface area contributed by atoms with Gasteiger partial charge in [-0.2, -0.15) is 4.39 Å². The summed E-state index contributed by atoms with van der Waals surface area (Å²) in [5.41, 5.74) is 2.89. The molecule has 0 aliphatic carbocycles. The van der Waals surface area contributed by atoms with E-state index >= 15 is 0 Å². The van der Waals surface area contributed by atoms with E-state index in [0.717, 1.165) is 17.2 Å². The zero-order valence-electron chi connectivity index (χ0n) is 21.0. The second-order valence-corrected chi connectivity index (χ2v) is 8.85. The predicted octanol–water partition coefficient (Wildman–Crippen LogP) is 6.04. The number of hydrogen-bond acceptors (Lipinski definition) is 4. The van der Waals surface area contributed by atoms with E-state index in [2.05, 4.69) is 0 Å². The number of para-hydroxylation sites is 1. The number of ether oxygens (including phenoxy) is 2. The largest absolute Gasteiger partial charge is 0.494 e. The number of hydrogen-bond donors (Lipinski definition) is 2. The predicted molar refractivity (Wildman–Crippen MR) is 143 cm³/mol. The van der Waals surface area contributed by atoms with E-state index in [1.165, 1.54) is 12.1 Å². The smallest absolute Gasteiger partial charge is 0.323 e. The van der Waals surface area contributed by atoms with Crippen LogP contribution < -0.4 is 9.47 Å². The fraction of sp³-hybridized carbons (Fsp3) is 0.200. The maximum Gasteiger partial charge on any atom is 0.323 e. The number of aliphatic carboxylic acids is 2. The lowest BCUT2D eigenvalue weighted by Gasteiger charge is -2.09. The number of carboxylic acid groups (broad SMARTS) is 2. The molecule has 0 unspecified atom stereocenters. The Balaban J connectivity index is 1.34. The van der Waals surface area contributed by atoms with Gasteiger partial charge in [-0.3, -0.25) is 9.59 Å². The topological polar surface area (TPSA) is 98.0 Å². The van der Waals surface area contributed by atoms with E-state index in [1.807, 2.05) is 48.6 Å². The number of aromatic nitrogens is 1. The first-order valence-corrected chi connectivity index (χ1v) is 12.3. The quantitative estimate of drug-likeness (QED) is 0.160. The Labute approximate surface area is 223 Å². The van der Waals surface area contributed by atoms with Crippen molar-refractivity contribution in [2.24, 2.45) is 0 Å². The monoisotopic (exact) mass is 535 g/mol. The van der Waals surface area contributed by atoms with Gasteiger partial charge >= 0.3 is 11.9 Å². The number of fused-ring (bicyclic) bond motifs is 1. The molecule has 202 valence electrons. The van der Waals surface area contributed by atoms with Crippen molar-refractivity contribution in [1.82, 2.24) is 4.57 Å². The van der Waals surface area contributed by atoms with Gasteiger partial charge in [0.2, 0.25) is 5.82 Å². The molecule has 4 rings (SSSR count). The van der Waals surface area contributed by atoms with Crippen molar-refractivity contribution in [1.29, 1.82) is 0 Å². The van der Waals surface area contributed by atoms with E-state index < -0.39 is 23.6 Å². The number of carbonyl (C=O) groups is 2. The maximum atomic E-state index is 13.6. The second-order valence-electron chi connectivity index (χ2n) is 8.85. The molecule has 0 atom stereocenters. The number of unbranched alkanes of at least 4 members (excludes halogenated alkanes) is 1. The van der Waals surface area contributed by atoms with Crippen molar-refractivity contribution >= 4 is 35.0 Å². The zero-order chi connectivity index (χ0) is 27.8. The standard InChI is InChI=1S/C30H27F2NO6/c31-25-7-4-8-26(29(25)32)39-16-2-1-15-38-23-13-10-20(11-14-23)9-12-21-5-3-6-24-22(17-27(34)35)18-33(30(21)24)19-28(36)37/h3-14,18H,1-2,15-17,19H2,(H,34,35)(H,36,37)/b12-9+. The van der Waals surface area contributed by atoms with Crippen molar-refractivity contribution in [2.45, 2.75) is 25.8 Å². The number of carboxylic acids is 2. The summed E-state index contributed by atoms with van der Waals surface area (Å²) < 4.78 is 39.4. The average Bonchev–Trinajstić information content (AvgIpc) is 3.24. The van der Waals surface area contributed by atoms with Gasteiger partial charge in [-0.1, -0.05) is 48.6 Å². The molecule has 1 heterocycles. The first-order valence-electron chi connectivity index (χ1n) is 12.3. The minimum absolute atomic E-state index is 0.105. The molecule has 0 radical (unpaired) electrons. The Morgan fingerprint density at radius 1 is 0.846 bits per heavy atom. The van der Waals surface area contributed by atoms with Crippen LogP contribution in [-0.4, -0.2) is 39.9 Å². The maximum absolute atomic E-state index is 13.6. The van der Waals surface area contributed by atoms with Crippen molar-refractivity contribution in [3.8, 4) is 11.5 Å². The van der Waals surface area contributed by atoms with Crippen molar-refractivity contribution < 1.29 is 38.1 Å². The van der Waals surface area contributed by atoms with Crippen LogP contribution in [0.5, 0.6) is 11.5 Å². The van der Waals surface area contributed by atoms with Crippen LogP contribution in [0.15, 0.2) is 66.9 Å². The highest BCUT2D eigenvalue weighted by Gasteiger charge is 2.15. The van der Waals surface area contributed by atoms with Crippen molar-refractivity contribution in [2.75, 3.05) is 13.2 Å². The first kappa shape index (κ1) is 27.4. The number of nitrogens with zero attached hydrogens (tertiary/aromatic N) is 1. The molecule has 3 aromatic carbocycles. The highest BCUT2D eigenvalue weighted by Crippen LogP contribution is 2.27. The molecule has 0 fully saturated rings. The Bertz CT molecular complexity index is 1490. The molecule has 2 N–H and O–H groups in total. The summed E-state index contributed by atoms with van der Waals surface area (Å²) in [7, 11) is 0. The molecular formula is C30H27F2NO6. The molecule has 39 heavy (non-hydrogen) atoms. The summed E-state index contributed by atoms with van der Waals surface area (Å²) in [5, 5.41) is 19.3. The van der Waals surface area contributed by atoms with Gasteiger partial charge in [0.15, 0.2) is 11.6 Å². The van der Waals surface area contributed by atoms with Crippen LogP contribution in [-0.2, 0) is 22.6 Å². The summed E-state index contributed by atoms with van der Waals surface area (Å²) in [6.45, 7) is 0.403. The Kier molecular flexibility index (Phi) is 8.94. The van der Waals surface area contributed by atoms with Crippen LogP contribution in [0.4, 0.5) is 8.78 Å². The molecule has 4 aromatic rings. The molecule has 0 aliphatic heterocycles. The molecular weight excluding hydrogens is 508 g/mol. The van der Waals surface area contributed by atoms with E-state index in [1.54, 1.807) is 16.8 Å². The second kappa shape index (κ2) is 12.7. The average molecular weight is 536 g/mol. The SMILES string of the molecule is O=C(O)Cc1cn(CC(=O)O)c2c(/C=C/c3ccc(OCCCCOc4cccc(F)c4F)cc3)cccc12. The lowest BCUT2D eigenvalue weighted by molar-refractivity contribution is -0.138. The molecule has 0 saturated carbocycles. The van der Waals surface area contributed by atoms with Gasteiger partial charge in [-0.25, -0.2) is 4.39 Å². The first-order chi connectivity index (χ1) is 18.8. The van der Waals surface area contributed by atoms with Gasteiger partial charge in [-0.15, -0.1) is 0 Å². The lowest BCUT2D eigenvalue weighted by Crippen LogP contribution is -2.08. The lowest BCUT2D eigenvalue weighted by atomic mass is 10.1. The molecule has 0 spiro atoms. The molecule has 0 saturated heterocycles.